The van der Waals surface area contributed by atoms with Gasteiger partial charge in [-0.15, -0.1) is 0 Å². The number of likely N-dealkylation sites (N-methyl/N-ethyl adjacent to an activating group) is 2. The number of carbonyl (C=O) groups is 1. The van der Waals surface area contributed by atoms with E-state index < -0.39 is 0 Å². The number of amides is 1. The van der Waals surface area contributed by atoms with Crippen molar-refractivity contribution in [3.63, 3.8) is 0 Å². The molecule has 2 aliphatic heterocycles. The van der Waals surface area contributed by atoms with Gasteiger partial charge in [-0.1, -0.05) is 0 Å². The van der Waals surface area contributed by atoms with E-state index >= 15 is 0 Å². The van der Waals surface area contributed by atoms with Crippen molar-refractivity contribution in [1.82, 2.24) is 15.1 Å². The summed E-state index contributed by atoms with van der Waals surface area (Å²) in [6, 6.07) is 0.551. The maximum absolute atomic E-state index is 12.3. The Bertz CT molecular complexity index is 313. The Balaban J connectivity index is 1.61. The predicted octanol–water partition coefficient (Wildman–Crippen LogP) is 1.09. The van der Waals surface area contributed by atoms with Crippen LogP contribution in [0.1, 0.15) is 38.5 Å². The van der Waals surface area contributed by atoms with E-state index in [9.17, 15) is 4.79 Å². The van der Waals surface area contributed by atoms with E-state index in [4.69, 9.17) is 4.74 Å². The standard InChI is InChI=1S/C16H31N3O2/c1-18(11-3-5-15-6-4-12-21-15)16(20)13-19(2)14-7-9-17-10-8-14/h14-15,17H,3-13H2,1-2H3/t15-/m1/s1. The normalized spacial score (nSPS) is 23.7. The van der Waals surface area contributed by atoms with Gasteiger partial charge in [0, 0.05) is 26.2 Å². The van der Waals surface area contributed by atoms with Gasteiger partial charge in [0.05, 0.1) is 12.6 Å². The van der Waals surface area contributed by atoms with Gasteiger partial charge in [0.2, 0.25) is 5.91 Å². The Morgan fingerprint density at radius 3 is 2.67 bits per heavy atom. The van der Waals surface area contributed by atoms with Crippen LogP contribution in [0.15, 0.2) is 0 Å². The SMILES string of the molecule is CN(CCC[C@@H]1CCCO1)C(=O)CN(C)C1CCNCC1. The van der Waals surface area contributed by atoms with Crippen molar-refractivity contribution in [3.05, 3.63) is 0 Å². The van der Waals surface area contributed by atoms with Gasteiger partial charge in [0.15, 0.2) is 0 Å². The first-order valence-corrected chi connectivity index (χ1v) is 8.43. The van der Waals surface area contributed by atoms with Crippen LogP contribution in [0.4, 0.5) is 0 Å². The number of nitrogens with zero attached hydrogens (tertiary/aromatic N) is 2. The lowest BCUT2D eigenvalue weighted by molar-refractivity contribution is -0.131. The highest BCUT2D eigenvalue weighted by atomic mass is 16.5. The second-order valence-electron chi connectivity index (χ2n) is 6.49. The number of carbonyl (C=O) groups excluding carboxylic acids is 1. The molecule has 5 heteroatoms. The largest absolute Gasteiger partial charge is 0.378 e. The van der Waals surface area contributed by atoms with Crippen molar-refractivity contribution in [3.8, 4) is 0 Å². The van der Waals surface area contributed by atoms with Gasteiger partial charge < -0.3 is 15.0 Å². The van der Waals surface area contributed by atoms with Crippen LogP contribution in [0.3, 0.4) is 0 Å². The third-order valence-electron chi connectivity index (χ3n) is 4.79. The minimum Gasteiger partial charge on any atom is -0.378 e. The van der Waals surface area contributed by atoms with Gasteiger partial charge in [-0.05, 0) is 58.7 Å². The van der Waals surface area contributed by atoms with E-state index in [1.54, 1.807) is 0 Å². The Labute approximate surface area is 129 Å². The highest BCUT2D eigenvalue weighted by Crippen LogP contribution is 2.17. The van der Waals surface area contributed by atoms with Gasteiger partial charge in [0.1, 0.15) is 0 Å². The molecule has 0 saturated carbocycles. The maximum atomic E-state index is 12.3. The average molecular weight is 297 g/mol. The summed E-state index contributed by atoms with van der Waals surface area (Å²) in [7, 11) is 4.00. The van der Waals surface area contributed by atoms with Gasteiger partial charge in [-0.25, -0.2) is 0 Å². The Morgan fingerprint density at radius 1 is 1.24 bits per heavy atom. The molecule has 0 aromatic heterocycles. The van der Waals surface area contributed by atoms with Gasteiger partial charge in [0.25, 0.3) is 0 Å². The van der Waals surface area contributed by atoms with Gasteiger partial charge in [-0.3, -0.25) is 9.69 Å². The summed E-state index contributed by atoms with van der Waals surface area (Å²) in [5, 5.41) is 3.37. The Kier molecular flexibility index (Phi) is 6.93. The first-order valence-electron chi connectivity index (χ1n) is 8.43. The highest BCUT2D eigenvalue weighted by Gasteiger charge is 2.21. The Hall–Kier alpha value is -0.650. The van der Waals surface area contributed by atoms with Crippen molar-refractivity contribution in [1.29, 1.82) is 0 Å². The summed E-state index contributed by atoms with van der Waals surface area (Å²) in [6.45, 7) is 4.45. The molecule has 0 aliphatic carbocycles. The fourth-order valence-electron chi connectivity index (χ4n) is 3.26. The zero-order valence-electron chi connectivity index (χ0n) is 13.6. The lowest BCUT2D eigenvalue weighted by Crippen LogP contribution is -2.45. The molecule has 1 atom stereocenters. The molecule has 0 unspecified atom stereocenters. The molecule has 0 radical (unpaired) electrons. The van der Waals surface area contributed by atoms with E-state index in [-0.39, 0.29) is 5.91 Å². The van der Waals surface area contributed by atoms with Crippen molar-refractivity contribution < 1.29 is 9.53 Å². The molecule has 2 rings (SSSR count). The Morgan fingerprint density at radius 2 is 2.00 bits per heavy atom. The summed E-state index contributed by atoms with van der Waals surface area (Å²) < 4.78 is 5.62. The number of rotatable bonds is 7. The number of hydrogen-bond donors (Lipinski definition) is 1. The second-order valence-corrected chi connectivity index (χ2v) is 6.49. The molecule has 2 aliphatic rings. The van der Waals surface area contributed by atoms with E-state index in [0.29, 0.717) is 18.7 Å². The maximum Gasteiger partial charge on any atom is 0.236 e. The summed E-state index contributed by atoms with van der Waals surface area (Å²) in [5.74, 6) is 0.239. The van der Waals surface area contributed by atoms with E-state index in [1.807, 2.05) is 11.9 Å². The molecular weight excluding hydrogens is 266 g/mol. The molecule has 21 heavy (non-hydrogen) atoms. The van der Waals surface area contributed by atoms with Crippen molar-refractivity contribution >= 4 is 5.91 Å². The van der Waals surface area contributed by atoms with Crippen molar-refractivity contribution in [2.75, 3.05) is 46.9 Å². The molecule has 1 amide bonds. The number of hydrogen-bond acceptors (Lipinski definition) is 4. The molecular formula is C16H31N3O2. The van der Waals surface area contributed by atoms with E-state index in [1.165, 1.54) is 12.8 Å². The van der Waals surface area contributed by atoms with Crippen LogP contribution in [0.25, 0.3) is 0 Å². The molecule has 0 bridgehead atoms. The highest BCUT2D eigenvalue weighted by molar-refractivity contribution is 5.77. The third kappa shape index (κ3) is 5.57. The summed E-state index contributed by atoms with van der Waals surface area (Å²) in [5.41, 5.74) is 0. The summed E-state index contributed by atoms with van der Waals surface area (Å²) in [4.78, 5) is 16.4. The summed E-state index contributed by atoms with van der Waals surface area (Å²) >= 11 is 0. The third-order valence-corrected chi connectivity index (χ3v) is 4.79. The molecule has 2 saturated heterocycles. The number of nitrogens with one attached hydrogen (secondary N) is 1. The smallest absolute Gasteiger partial charge is 0.236 e. The number of piperidine rings is 1. The molecule has 0 aromatic rings. The zero-order valence-corrected chi connectivity index (χ0v) is 13.6. The van der Waals surface area contributed by atoms with Crippen LogP contribution >= 0.6 is 0 Å². The minimum atomic E-state index is 0.239. The summed E-state index contributed by atoms with van der Waals surface area (Å²) in [6.07, 6.45) is 7.24. The monoisotopic (exact) mass is 297 g/mol. The fraction of sp³-hybridized carbons (Fsp3) is 0.938. The molecule has 1 N–H and O–H groups in total. The van der Waals surface area contributed by atoms with Crippen molar-refractivity contribution in [2.24, 2.45) is 0 Å². The fourth-order valence-corrected chi connectivity index (χ4v) is 3.26. The van der Waals surface area contributed by atoms with E-state index in [0.717, 1.165) is 51.9 Å². The molecule has 122 valence electrons. The van der Waals surface area contributed by atoms with Gasteiger partial charge >= 0.3 is 0 Å². The van der Waals surface area contributed by atoms with Crippen LogP contribution < -0.4 is 5.32 Å². The van der Waals surface area contributed by atoms with E-state index in [2.05, 4.69) is 17.3 Å². The minimum absolute atomic E-state index is 0.239. The van der Waals surface area contributed by atoms with Crippen LogP contribution in [0, 0.1) is 0 Å². The van der Waals surface area contributed by atoms with Crippen LogP contribution in [-0.4, -0.2) is 74.7 Å². The molecule has 0 spiro atoms. The molecule has 2 heterocycles. The van der Waals surface area contributed by atoms with Crippen LogP contribution in [0.5, 0.6) is 0 Å². The molecule has 2 fully saturated rings. The molecule has 5 nitrogen and oxygen atoms in total. The lowest BCUT2D eigenvalue weighted by Gasteiger charge is -2.32. The average Bonchev–Trinajstić information content (AvgIpc) is 3.01. The predicted molar refractivity (Wildman–Crippen MR) is 84.4 cm³/mol. The van der Waals surface area contributed by atoms with Crippen molar-refractivity contribution in [2.45, 2.75) is 50.7 Å². The van der Waals surface area contributed by atoms with Crippen LogP contribution in [-0.2, 0) is 9.53 Å². The van der Waals surface area contributed by atoms with Crippen LogP contribution in [0.2, 0.25) is 0 Å². The second kappa shape index (κ2) is 8.71. The topological polar surface area (TPSA) is 44.8 Å². The first-order chi connectivity index (χ1) is 10.2. The lowest BCUT2D eigenvalue weighted by atomic mass is 10.1. The first kappa shape index (κ1) is 16.7. The number of ether oxygens (including phenoxy) is 1. The van der Waals surface area contributed by atoms with Gasteiger partial charge in [-0.2, -0.15) is 0 Å². The molecule has 0 aromatic carbocycles. The quantitative estimate of drug-likeness (QED) is 0.764. The zero-order chi connectivity index (χ0) is 15.1.